The quantitative estimate of drug-likeness (QED) is 0.642. The van der Waals surface area contributed by atoms with Crippen molar-refractivity contribution in [3.8, 4) is 0 Å². The van der Waals surface area contributed by atoms with E-state index in [4.69, 9.17) is 16.7 Å². The fourth-order valence-corrected chi connectivity index (χ4v) is 1.64. The van der Waals surface area contributed by atoms with Crippen LogP contribution in [0.15, 0.2) is 42.7 Å². The zero-order valence-electron chi connectivity index (χ0n) is 9.40. The van der Waals surface area contributed by atoms with Crippen molar-refractivity contribution in [2.75, 3.05) is 13.2 Å². The van der Waals surface area contributed by atoms with Crippen molar-refractivity contribution in [2.24, 2.45) is 0 Å². The monoisotopic (exact) mass is 251 g/mol. The third-order valence-electron chi connectivity index (χ3n) is 2.17. The van der Waals surface area contributed by atoms with Crippen LogP contribution in [0.3, 0.4) is 0 Å². The van der Waals surface area contributed by atoms with E-state index in [-0.39, 0.29) is 19.1 Å². The van der Waals surface area contributed by atoms with Gasteiger partial charge in [0.2, 0.25) is 0 Å². The molecule has 4 heteroatoms. The van der Waals surface area contributed by atoms with Crippen LogP contribution in [0, 0.1) is 0 Å². The second-order valence-corrected chi connectivity index (χ2v) is 3.90. The van der Waals surface area contributed by atoms with Gasteiger partial charge in [0.25, 0.3) is 5.91 Å². The highest BCUT2D eigenvalue weighted by Gasteiger charge is 2.10. The normalized spacial score (nSPS) is 9.53. The molecule has 0 atom stereocenters. The Labute approximate surface area is 106 Å². The van der Waals surface area contributed by atoms with Crippen molar-refractivity contribution in [1.82, 2.24) is 4.90 Å². The Kier molecular flexibility index (Phi) is 5.50. The van der Waals surface area contributed by atoms with Gasteiger partial charge in [0, 0.05) is 24.2 Å². The van der Waals surface area contributed by atoms with Gasteiger partial charge in [-0.2, -0.15) is 0 Å². The summed E-state index contributed by atoms with van der Waals surface area (Å²) in [6, 6.07) is 7.26. The molecule has 1 aromatic carbocycles. The molecule has 3 nitrogen and oxygen atoms in total. The second kappa shape index (κ2) is 6.92. The number of benzene rings is 1. The maximum Gasteiger partial charge on any atom is 0.254 e. The topological polar surface area (TPSA) is 40.5 Å². The maximum atomic E-state index is 11.6. The zero-order valence-corrected chi connectivity index (χ0v) is 10.2. The molecular weight excluding hydrogens is 238 g/mol. The molecule has 0 bridgehead atoms. The van der Waals surface area contributed by atoms with E-state index in [1.165, 1.54) is 11.0 Å². The van der Waals surface area contributed by atoms with Crippen molar-refractivity contribution < 1.29 is 9.90 Å². The number of carbonyl (C=O) groups is 1. The highest BCUT2D eigenvalue weighted by Crippen LogP contribution is 2.12. The van der Waals surface area contributed by atoms with Crippen molar-refractivity contribution in [2.45, 2.75) is 6.54 Å². The Balaban J connectivity index is 2.79. The van der Waals surface area contributed by atoms with Crippen molar-refractivity contribution >= 4 is 17.5 Å². The minimum absolute atomic E-state index is 0.0860. The fraction of sp³-hybridized carbons (Fsp3) is 0.231. The largest absolute Gasteiger partial charge is 0.395 e. The molecule has 1 aromatic rings. The molecular formula is C13H14ClNO2. The number of aliphatic hydroxyl groups is 1. The summed E-state index contributed by atoms with van der Waals surface area (Å²) in [6.07, 6.45) is 1.25. The lowest BCUT2D eigenvalue weighted by molar-refractivity contribution is -0.127. The van der Waals surface area contributed by atoms with E-state index >= 15 is 0 Å². The molecule has 0 aliphatic heterocycles. The first kappa shape index (κ1) is 13.5. The van der Waals surface area contributed by atoms with Crippen LogP contribution in [-0.2, 0) is 11.3 Å². The Morgan fingerprint density at radius 3 is 2.94 bits per heavy atom. The minimum Gasteiger partial charge on any atom is -0.395 e. The van der Waals surface area contributed by atoms with Crippen LogP contribution >= 0.6 is 11.6 Å². The predicted octanol–water partition coefficient (Wildman–Crippen LogP) is 2.00. The Morgan fingerprint density at radius 2 is 2.35 bits per heavy atom. The van der Waals surface area contributed by atoms with Gasteiger partial charge in [-0.25, -0.2) is 0 Å². The summed E-state index contributed by atoms with van der Waals surface area (Å²) < 4.78 is 0. The Morgan fingerprint density at radius 1 is 1.59 bits per heavy atom. The van der Waals surface area contributed by atoms with Crippen LogP contribution in [0.1, 0.15) is 5.56 Å². The summed E-state index contributed by atoms with van der Waals surface area (Å²) in [7, 11) is 0. The minimum atomic E-state index is -0.228. The Bertz CT molecular complexity index is 439. The van der Waals surface area contributed by atoms with Crippen LogP contribution in [0.4, 0.5) is 0 Å². The van der Waals surface area contributed by atoms with Gasteiger partial charge in [-0.1, -0.05) is 30.3 Å². The van der Waals surface area contributed by atoms with Crippen molar-refractivity contribution in [3.63, 3.8) is 0 Å². The highest BCUT2D eigenvalue weighted by atomic mass is 35.5. The lowest BCUT2D eigenvalue weighted by atomic mass is 10.2. The standard InChI is InChI=1S/C13H14ClNO2/c1-2-4-13(17)15(7-8-16)10-11-5-3-6-12(14)9-11/h3-6,9,16H,1,7-8,10H2. The number of nitrogens with zero attached hydrogens (tertiary/aromatic N) is 1. The zero-order chi connectivity index (χ0) is 12.7. The molecule has 0 saturated carbocycles. The lowest BCUT2D eigenvalue weighted by Crippen LogP contribution is -2.31. The average molecular weight is 252 g/mol. The van der Waals surface area contributed by atoms with E-state index in [9.17, 15) is 4.79 Å². The number of carbonyl (C=O) groups excluding carboxylic acids is 1. The van der Waals surface area contributed by atoms with Gasteiger partial charge < -0.3 is 10.0 Å². The van der Waals surface area contributed by atoms with Gasteiger partial charge in [-0.15, -0.1) is 5.73 Å². The summed E-state index contributed by atoms with van der Waals surface area (Å²) in [6.45, 7) is 3.93. The van der Waals surface area contributed by atoms with E-state index in [0.29, 0.717) is 11.6 Å². The van der Waals surface area contributed by atoms with Gasteiger partial charge in [-0.05, 0) is 17.7 Å². The summed E-state index contributed by atoms with van der Waals surface area (Å²) in [5.74, 6) is -0.228. The molecule has 0 heterocycles. The summed E-state index contributed by atoms with van der Waals surface area (Å²) >= 11 is 5.86. The first-order chi connectivity index (χ1) is 8.17. The summed E-state index contributed by atoms with van der Waals surface area (Å²) in [5.41, 5.74) is 3.34. The van der Waals surface area contributed by atoms with Gasteiger partial charge in [0.15, 0.2) is 0 Å². The summed E-state index contributed by atoms with van der Waals surface area (Å²) in [4.78, 5) is 13.2. The van der Waals surface area contributed by atoms with Crippen molar-refractivity contribution in [3.05, 3.63) is 53.2 Å². The molecule has 1 rings (SSSR count). The molecule has 90 valence electrons. The molecule has 0 unspecified atom stereocenters. The average Bonchev–Trinajstić information content (AvgIpc) is 2.29. The molecule has 1 amide bonds. The van der Waals surface area contributed by atoms with Crippen LogP contribution in [0.25, 0.3) is 0 Å². The summed E-state index contributed by atoms with van der Waals surface area (Å²) in [5, 5.41) is 9.54. The van der Waals surface area contributed by atoms with Crippen LogP contribution in [0.2, 0.25) is 5.02 Å². The van der Waals surface area contributed by atoms with E-state index in [2.05, 4.69) is 12.3 Å². The molecule has 0 aliphatic rings. The van der Waals surface area contributed by atoms with Crippen molar-refractivity contribution in [1.29, 1.82) is 0 Å². The smallest absolute Gasteiger partial charge is 0.254 e. The fourth-order valence-electron chi connectivity index (χ4n) is 1.42. The van der Waals surface area contributed by atoms with E-state index < -0.39 is 0 Å². The molecule has 0 saturated heterocycles. The molecule has 0 fully saturated rings. The van der Waals surface area contributed by atoms with E-state index in [1.54, 1.807) is 12.1 Å². The number of halogens is 1. The third-order valence-corrected chi connectivity index (χ3v) is 2.40. The third kappa shape index (κ3) is 4.45. The van der Waals surface area contributed by atoms with Gasteiger partial charge >= 0.3 is 0 Å². The number of aliphatic hydroxyl groups excluding tert-OH is 1. The van der Waals surface area contributed by atoms with Crippen LogP contribution in [0.5, 0.6) is 0 Å². The molecule has 0 aliphatic carbocycles. The molecule has 1 N–H and O–H groups in total. The van der Waals surface area contributed by atoms with Gasteiger partial charge in [0.1, 0.15) is 0 Å². The van der Waals surface area contributed by atoms with Gasteiger partial charge in [0.05, 0.1) is 6.61 Å². The SMILES string of the molecule is C=C=CC(=O)N(CCO)Cc1cccc(Cl)c1. The number of hydrogen-bond donors (Lipinski definition) is 1. The Hall–Kier alpha value is -1.54. The number of rotatable bonds is 5. The van der Waals surface area contributed by atoms with Gasteiger partial charge in [-0.3, -0.25) is 4.79 Å². The highest BCUT2D eigenvalue weighted by molar-refractivity contribution is 6.30. The predicted molar refractivity (Wildman–Crippen MR) is 67.7 cm³/mol. The molecule has 0 radical (unpaired) electrons. The molecule has 0 spiro atoms. The molecule has 17 heavy (non-hydrogen) atoms. The van der Waals surface area contributed by atoms with Crippen LogP contribution < -0.4 is 0 Å². The first-order valence-corrected chi connectivity index (χ1v) is 5.55. The van der Waals surface area contributed by atoms with E-state index in [1.807, 2.05) is 12.1 Å². The van der Waals surface area contributed by atoms with Crippen LogP contribution in [-0.4, -0.2) is 29.1 Å². The second-order valence-electron chi connectivity index (χ2n) is 3.46. The number of amides is 1. The first-order valence-electron chi connectivity index (χ1n) is 5.17. The van der Waals surface area contributed by atoms with E-state index in [0.717, 1.165) is 5.56 Å². The maximum absolute atomic E-state index is 11.6. The lowest BCUT2D eigenvalue weighted by Gasteiger charge is -2.19. The molecule has 0 aromatic heterocycles. The number of hydrogen-bond acceptors (Lipinski definition) is 2.